The van der Waals surface area contributed by atoms with Crippen LogP contribution in [0.25, 0.3) is 0 Å². The molecule has 1 aliphatic heterocycles. The minimum absolute atomic E-state index is 0.147. The van der Waals surface area contributed by atoms with E-state index in [1.54, 1.807) is 24.3 Å². The molecule has 3 rings (SSSR count). The minimum Gasteiger partial charge on any atom is -0.491 e. The van der Waals surface area contributed by atoms with Gasteiger partial charge >= 0.3 is 0 Å². The molecule has 7 heteroatoms. The molecule has 4 nitrogen and oxygen atoms in total. The van der Waals surface area contributed by atoms with Crippen LogP contribution in [0.4, 0.5) is 14.5 Å². The Balaban J connectivity index is 1.50. The van der Waals surface area contributed by atoms with Gasteiger partial charge in [-0.25, -0.2) is 8.78 Å². The SMILES string of the molecule is Fc1ccc(NC(=S)N2CCO[C@@H](COc3ccc(F)cc3)C2)cc1. The highest BCUT2D eigenvalue weighted by Crippen LogP contribution is 2.15. The van der Waals surface area contributed by atoms with E-state index in [0.717, 1.165) is 5.69 Å². The number of thiocarbonyl (C=S) groups is 1. The maximum absolute atomic E-state index is 13.0. The van der Waals surface area contributed by atoms with Gasteiger partial charge in [0.15, 0.2) is 5.11 Å². The third kappa shape index (κ3) is 5.11. The van der Waals surface area contributed by atoms with Crippen LogP contribution in [0.5, 0.6) is 5.75 Å². The van der Waals surface area contributed by atoms with Crippen molar-refractivity contribution in [3.63, 3.8) is 0 Å². The zero-order valence-electron chi connectivity index (χ0n) is 13.5. The van der Waals surface area contributed by atoms with Gasteiger partial charge in [-0.15, -0.1) is 0 Å². The molecular weight excluding hydrogens is 346 g/mol. The fraction of sp³-hybridized carbons (Fsp3) is 0.278. The number of ether oxygens (including phenoxy) is 2. The molecule has 0 unspecified atom stereocenters. The molecule has 1 aliphatic rings. The zero-order chi connectivity index (χ0) is 17.6. The second-order valence-corrected chi connectivity index (χ2v) is 6.03. The summed E-state index contributed by atoms with van der Waals surface area (Å²) in [6, 6.07) is 11.9. The van der Waals surface area contributed by atoms with Crippen LogP contribution in [0.15, 0.2) is 48.5 Å². The Morgan fingerprint density at radius 2 is 1.76 bits per heavy atom. The number of nitrogens with one attached hydrogen (secondary N) is 1. The quantitative estimate of drug-likeness (QED) is 0.841. The van der Waals surface area contributed by atoms with Crippen LogP contribution in [-0.4, -0.2) is 42.4 Å². The third-order valence-electron chi connectivity index (χ3n) is 3.77. The second-order valence-electron chi connectivity index (χ2n) is 5.64. The minimum atomic E-state index is -0.301. The van der Waals surface area contributed by atoms with Gasteiger partial charge in [0.05, 0.1) is 6.61 Å². The Morgan fingerprint density at radius 3 is 2.44 bits per heavy atom. The second kappa shape index (κ2) is 8.22. The van der Waals surface area contributed by atoms with Crippen molar-refractivity contribution in [2.24, 2.45) is 0 Å². The molecule has 25 heavy (non-hydrogen) atoms. The monoisotopic (exact) mass is 364 g/mol. The predicted octanol–water partition coefficient (Wildman–Crippen LogP) is 3.44. The number of anilines is 1. The molecule has 2 aromatic rings. The molecule has 0 aromatic heterocycles. The molecule has 1 heterocycles. The van der Waals surface area contributed by atoms with E-state index in [0.29, 0.717) is 37.2 Å². The normalized spacial score (nSPS) is 17.2. The van der Waals surface area contributed by atoms with E-state index in [1.165, 1.54) is 24.3 Å². The highest BCUT2D eigenvalue weighted by molar-refractivity contribution is 7.80. The summed E-state index contributed by atoms with van der Waals surface area (Å²) in [5.74, 6) is -0.000332. The Bertz CT molecular complexity index is 710. The number of benzene rings is 2. The maximum atomic E-state index is 13.0. The van der Waals surface area contributed by atoms with Gasteiger partial charge in [-0.2, -0.15) is 0 Å². The maximum Gasteiger partial charge on any atom is 0.173 e. The van der Waals surface area contributed by atoms with E-state index in [2.05, 4.69) is 5.32 Å². The van der Waals surface area contributed by atoms with Crippen LogP contribution in [0.3, 0.4) is 0 Å². The Morgan fingerprint density at radius 1 is 1.12 bits per heavy atom. The summed E-state index contributed by atoms with van der Waals surface area (Å²) in [4.78, 5) is 1.99. The first-order valence-electron chi connectivity index (χ1n) is 7.91. The average molecular weight is 364 g/mol. The first kappa shape index (κ1) is 17.6. The van der Waals surface area contributed by atoms with Crippen molar-refractivity contribution in [1.29, 1.82) is 0 Å². The van der Waals surface area contributed by atoms with Gasteiger partial charge in [0.25, 0.3) is 0 Å². The first-order chi connectivity index (χ1) is 12.1. The summed E-state index contributed by atoms with van der Waals surface area (Å²) in [5.41, 5.74) is 0.733. The fourth-order valence-electron chi connectivity index (χ4n) is 2.46. The lowest BCUT2D eigenvalue weighted by atomic mass is 10.3. The molecular formula is C18H18F2N2O2S. The number of halogens is 2. The van der Waals surface area contributed by atoms with Crippen LogP contribution >= 0.6 is 12.2 Å². The van der Waals surface area contributed by atoms with Crippen molar-refractivity contribution >= 4 is 23.0 Å². The third-order valence-corrected chi connectivity index (χ3v) is 4.13. The predicted molar refractivity (Wildman–Crippen MR) is 95.8 cm³/mol. The summed E-state index contributed by atoms with van der Waals surface area (Å²) >= 11 is 5.42. The number of rotatable bonds is 4. The molecule has 1 saturated heterocycles. The highest BCUT2D eigenvalue weighted by atomic mass is 32.1. The van der Waals surface area contributed by atoms with Gasteiger partial charge in [-0.05, 0) is 60.7 Å². The lowest BCUT2D eigenvalue weighted by Gasteiger charge is -2.34. The van der Waals surface area contributed by atoms with Crippen LogP contribution in [0.1, 0.15) is 0 Å². The molecule has 1 N–H and O–H groups in total. The van der Waals surface area contributed by atoms with Crippen LogP contribution in [0.2, 0.25) is 0 Å². The van der Waals surface area contributed by atoms with E-state index in [4.69, 9.17) is 21.7 Å². The molecule has 1 atom stereocenters. The standard InChI is InChI=1S/C18H18F2N2O2S/c19-13-1-5-15(6-2-13)21-18(25)22-9-10-23-17(11-22)12-24-16-7-3-14(20)4-8-16/h1-8,17H,9-12H2,(H,21,25)/t17-/m1/s1. The topological polar surface area (TPSA) is 33.7 Å². The van der Waals surface area contributed by atoms with E-state index in [1.807, 2.05) is 4.90 Å². The Hall–Kier alpha value is -2.25. The number of nitrogens with zero attached hydrogens (tertiary/aromatic N) is 1. The molecule has 0 aliphatic carbocycles. The van der Waals surface area contributed by atoms with E-state index in [9.17, 15) is 8.78 Å². The molecule has 1 fully saturated rings. The molecule has 0 amide bonds. The van der Waals surface area contributed by atoms with Gasteiger partial charge < -0.3 is 19.7 Å². The summed E-state index contributed by atoms with van der Waals surface area (Å²) in [5, 5.41) is 3.65. The molecule has 0 radical (unpaired) electrons. The molecule has 0 saturated carbocycles. The Kier molecular flexibility index (Phi) is 5.78. The summed E-state index contributed by atoms with van der Waals surface area (Å²) in [7, 11) is 0. The van der Waals surface area contributed by atoms with Gasteiger partial charge in [-0.3, -0.25) is 0 Å². The number of hydrogen-bond donors (Lipinski definition) is 1. The van der Waals surface area contributed by atoms with Crippen molar-refractivity contribution in [3.8, 4) is 5.75 Å². The largest absolute Gasteiger partial charge is 0.491 e. The summed E-state index contributed by atoms with van der Waals surface area (Å²) in [6.07, 6.45) is -0.147. The van der Waals surface area contributed by atoms with E-state index < -0.39 is 0 Å². The molecule has 2 aromatic carbocycles. The lowest BCUT2D eigenvalue weighted by molar-refractivity contribution is -0.0280. The van der Waals surface area contributed by atoms with Gasteiger partial charge in [-0.1, -0.05) is 0 Å². The average Bonchev–Trinajstić information content (AvgIpc) is 2.63. The first-order valence-corrected chi connectivity index (χ1v) is 8.32. The van der Waals surface area contributed by atoms with E-state index >= 15 is 0 Å². The van der Waals surface area contributed by atoms with Crippen molar-refractivity contribution < 1.29 is 18.3 Å². The number of hydrogen-bond acceptors (Lipinski definition) is 3. The summed E-state index contributed by atoms with van der Waals surface area (Å²) in [6.45, 7) is 2.12. The van der Waals surface area contributed by atoms with Crippen molar-refractivity contribution in [2.45, 2.75) is 6.10 Å². The zero-order valence-corrected chi connectivity index (χ0v) is 14.3. The Labute approximate surface area is 150 Å². The van der Waals surface area contributed by atoms with Gasteiger partial charge in [0, 0.05) is 18.8 Å². The molecule has 0 bridgehead atoms. The highest BCUT2D eigenvalue weighted by Gasteiger charge is 2.23. The number of morpholine rings is 1. The van der Waals surface area contributed by atoms with Crippen LogP contribution in [-0.2, 0) is 4.74 Å². The van der Waals surface area contributed by atoms with Crippen molar-refractivity contribution in [3.05, 3.63) is 60.2 Å². The lowest BCUT2D eigenvalue weighted by Crippen LogP contribution is -2.49. The molecule has 0 spiro atoms. The van der Waals surface area contributed by atoms with Gasteiger partial charge in [0.1, 0.15) is 30.1 Å². The molecule has 132 valence electrons. The van der Waals surface area contributed by atoms with Crippen LogP contribution in [0, 0.1) is 11.6 Å². The fourth-order valence-corrected chi connectivity index (χ4v) is 2.74. The van der Waals surface area contributed by atoms with Crippen LogP contribution < -0.4 is 10.1 Å². The smallest absolute Gasteiger partial charge is 0.173 e. The van der Waals surface area contributed by atoms with E-state index in [-0.39, 0.29) is 17.7 Å². The summed E-state index contributed by atoms with van der Waals surface area (Å²) < 4.78 is 37.2. The van der Waals surface area contributed by atoms with Crippen molar-refractivity contribution in [2.75, 3.05) is 31.6 Å². The van der Waals surface area contributed by atoms with Gasteiger partial charge in [0.2, 0.25) is 0 Å². The van der Waals surface area contributed by atoms with Crippen molar-refractivity contribution in [1.82, 2.24) is 4.90 Å².